The number of imidazole rings is 1. The van der Waals surface area contributed by atoms with E-state index < -0.39 is 0 Å². The number of pyridine rings is 1. The number of hydrogen-bond acceptors (Lipinski definition) is 3. The third kappa shape index (κ3) is 3.44. The predicted molar refractivity (Wildman–Crippen MR) is 93.3 cm³/mol. The molecule has 4 heteroatoms. The zero-order valence-electron chi connectivity index (χ0n) is 13.5. The molecule has 4 nitrogen and oxygen atoms in total. The van der Waals surface area contributed by atoms with Gasteiger partial charge in [0.05, 0.1) is 18.0 Å². The smallest absolute Gasteiger partial charge is 0.137 e. The molecule has 0 aliphatic carbocycles. The van der Waals surface area contributed by atoms with Gasteiger partial charge in [0.2, 0.25) is 0 Å². The highest BCUT2D eigenvalue weighted by atomic mass is 16.3. The molecule has 120 valence electrons. The molecule has 3 aromatic rings. The van der Waals surface area contributed by atoms with Gasteiger partial charge in [-0.15, -0.1) is 0 Å². The number of benzene rings is 1. The fraction of sp³-hybridized carbons (Fsp3) is 0.316. The number of aliphatic hydroxyl groups is 1. The quantitative estimate of drug-likeness (QED) is 0.728. The minimum Gasteiger partial charge on any atom is -0.395 e. The monoisotopic (exact) mass is 309 g/mol. The Morgan fingerprint density at radius 3 is 2.57 bits per heavy atom. The van der Waals surface area contributed by atoms with Crippen LogP contribution < -0.4 is 0 Å². The van der Waals surface area contributed by atoms with E-state index >= 15 is 0 Å². The Labute approximate surface area is 137 Å². The Bertz CT molecular complexity index is 746. The average molecular weight is 309 g/mol. The van der Waals surface area contributed by atoms with Crippen molar-refractivity contribution in [2.75, 3.05) is 19.7 Å². The minimum atomic E-state index is 0.178. The van der Waals surface area contributed by atoms with Gasteiger partial charge in [-0.3, -0.25) is 4.90 Å². The molecule has 0 atom stereocenters. The van der Waals surface area contributed by atoms with E-state index in [4.69, 9.17) is 4.98 Å². The Balaban J connectivity index is 2.06. The van der Waals surface area contributed by atoms with E-state index in [9.17, 15) is 5.11 Å². The molecule has 0 spiro atoms. The Hall–Kier alpha value is -2.17. The Morgan fingerprint density at radius 2 is 1.83 bits per heavy atom. The van der Waals surface area contributed by atoms with Crippen molar-refractivity contribution in [3.63, 3.8) is 0 Å². The van der Waals surface area contributed by atoms with Crippen molar-refractivity contribution < 1.29 is 5.11 Å². The van der Waals surface area contributed by atoms with Crippen LogP contribution in [0.15, 0.2) is 54.7 Å². The molecule has 0 unspecified atom stereocenters. The first-order valence-corrected chi connectivity index (χ1v) is 8.18. The van der Waals surface area contributed by atoms with Crippen molar-refractivity contribution in [2.24, 2.45) is 0 Å². The first-order chi connectivity index (χ1) is 11.3. The maximum atomic E-state index is 9.33. The molecule has 0 aliphatic heterocycles. The van der Waals surface area contributed by atoms with Crippen molar-refractivity contribution in [3.05, 3.63) is 60.4 Å². The van der Waals surface area contributed by atoms with Gasteiger partial charge in [0.25, 0.3) is 0 Å². The topological polar surface area (TPSA) is 40.8 Å². The number of hydrogen-bond donors (Lipinski definition) is 1. The fourth-order valence-corrected chi connectivity index (χ4v) is 2.96. The first kappa shape index (κ1) is 15.7. The summed E-state index contributed by atoms with van der Waals surface area (Å²) in [5.41, 5.74) is 4.29. The molecular formula is C19H23N3O. The summed E-state index contributed by atoms with van der Waals surface area (Å²) >= 11 is 0. The molecule has 2 heterocycles. The molecule has 0 bridgehead atoms. The third-order valence-electron chi connectivity index (χ3n) is 4.01. The summed E-state index contributed by atoms with van der Waals surface area (Å²) in [5, 5.41) is 9.33. The molecule has 23 heavy (non-hydrogen) atoms. The van der Waals surface area contributed by atoms with E-state index in [2.05, 4.69) is 34.6 Å². The first-order valence-electron chi connectivity index (χ1n) is 8.18. The number of fused-ring (bicyclic) bond motifs is 1. The summed E-state index contributed by atoms with van der Waals surface area (Å²) in [6.45, 7) is 4.77. The van der Waals surface area contributed by atoms with Crippen LogP contribution >= 0.6 is 0 Å². The Morgan fingerprint density at radius 1 is 1.04 bits per heavy atom. The molecule has 0 radical (unpaired) electrons. The third-order valence-corrected chi connectivity index (χ3v) is 4.01. The second-order valence-electron chi connectivity index (χ2n) is 5.70. The van der Waals surface area contributed by atoms with E-state index in [1.54, 1.807) is 0 Å². The fourth-order valence-electron chi connectivity index (χ4n) is 2.96. The van der Waals surface area contributed by atoms with Crippen LogP contribution in [0.2, 0.25) is 0 Å². The summed E-state index contributed by atoms with van der Waals surface area (Å²) in [7, 11) is 0. The average Bonchev–Trinajstić information content (AvgIpc) is 2.95. The van der Waals surface area contributed by atoms with E-state index in [0.29, 0.717) is 6.54 Å². The molecule has 2 aromatic heterocycles. The van der Waals surface area contributed by atoms with Crippen molar-refractivity contribution >= 4 is 5.65 Å². The van der Waals surface area contributed by atoms with E-state index in [1.165, 1.54) is 5.69 Å². The Kier molecular flexibility index (Phi) is 5.05. The van der Waals surface area contributed by atoms with Crippen LogP contribution in [0.3, 0.4) is 0 Å². The molecule has 0 aliphatic rings. The van der Waals surface area contributed by atoms with Gasteiger partial charge >= 0.3 is 0 Å². The number of aliphatic hydroxyl groups excluding tert-OH is 1. The van der Waals surface area contributed by atoms with Gasteiger partial charge in [0.15, 0.2) is 0 Å². The van der Waals surface area contributed by atoms with Crippen LogP contribution in [0.4, 0.5) is 0 Å². The van der Waals surface area contributed by atoms with Gasteiger partial charge in [0.1, 0.15) is 5.65 Å². The molecular weight excluding hydrogens is 286 g/mol. The molecule has 1 aromatic carbocycles. The molecule has 0 saturated heterocycles. The summed E-state index contributed by atoms with van der Waals surface area (Å²) < 4.78 is 2.16. The van der Waals surface area contributed by atoms with Gasteiger partial charge in [-0.25, -0.2) is 4.98 Å². The van der Waals surface area contributed by atoms with Crippen molar-refractivity contribution in [2.45, 2.75) is 19.9 Å². The van der Waals surface area contributed by atoms with Gasteiger partial charge in [-0.2, -0.15) is 0 Å². The minimum absolute atomic E-state index is 0.178. The summed E-state index contributed by atoms with van der Waals surface area (Å²) in [5.74, 6) is 0. The van der Waals surface area contributed by atoms with Crippen LogP contribution in [-0.4, -0.2) is 39.1 Å². The summed E-state index contributed by atoms with van der Waals surface area (Å²) in [6, 6.07) is 16.4. The molecule has 0 amide bonds. The van der Waals surface area contributed by atoms with Crippen molar-refractivity contribution in [1.29, 1.82) is 0 Å². The predicted octanol–water partition coefficient (Wildman–Crippen LogP) is 3.21. The van der Waals surface area contributed by atoms with Gasteiger partial charge < -0.3 is 9.51 Å². The van der Waals surface area contributed by atoms with Crippen LogP contribution in [0.5, 0.6) is 0 Å². The van der Waals surface area contributed by atoms with E-state index in [0.717, 1.165) is 36.4 Å². The molecule has 3 rings (SSSR count). The van der Waals surface area contributed by atoms with Gasteiger partial charge in [-0.1, -0.05) is 43.3 Å². The zero-order valence-corrected chi connectivity index (χ0v) is 13.5. The van der Waals surface area contributed by atoms with Crippen LogP contribution in [-0.2, 0) is 6.54 Å². The summed E-state index contributed by atoms with van der Waals surface area (Å²) in [4.78, 5) is 7.11. The number of rotatable bonds is 7. The van der Waals surface area contributed by atoms with Gasteiger partial charge in [-0.05, 0) is 25.1 Å². The molecule has 1 N–H and O–H groups in total. The van der Waals surface area contributed by atoms with Crippen molar-refractivity contribution in [3.8, 4) is 11.3 Å². The highest BCUT2D eigenvalue weighted by Gasteiger charge is 2.16. The normalized spacial score (nSPS) is 11.4. The molecule has 0 saturated carbocycles. The summed E-state index contributed by atoms with van der Waals surface area (Å²) in [6.07, 6.45) is 3.13. The zero-order chi connectivity index (χ0) is 16.1. The van der Waals surface area contributed by atoms with Crippen molar-refractivity contribution in [1.82, 2.24) is 14.3 Å². The van der Waals surface area contributed by atoms with Crippen LogP contribution in [0.1, 0.15) is 19.0 Å². The second-order valence-corrected chi connectivity index (χ2v) is 5.70. The highest BCUT2D eigenvalue weighted by molar-refractivity contribution is 5.66. The van der Waals surface area contributed by atoms with Gasteiger partial charge in [0, 0.05) is 24.8 Å². The highest BCUT2D eigenvalue weighted by Crippen LogP contribution is 2.25. The second kappa shape index (κ2) is 7.40. The SMILES string of the molecule is CCCN(CCO)Cc1c(-c2ccccc2)nc2ccccn12. The van der Waals surface area contributed by atoms with Crippen LogP contribution in [0.25, 0.3) is 16.9 Å². The largest absolute Gasteiger partial charge is 0.395 e. The lowest BCUT2D eigenvalue weighted by Gasteiger charge is -2.21. The van der Waals surface area contributed by atoms with E-state index in [-0.39, 0.29) is 6.61 Å². The van der Waals surface area contributed by atoms with E-state index in [1.807, 2.05) is 36.4 Å². The lowest BCUT2D eigenvalue weighted by molar-refractivity contribution is 0.189. The lowest BCUT2D eigenvalue weighted by atomic mass is 10.1. The van der Waals surface area contributed by atoms with Crippen LogP contribution in [0, 0.1) is 0 Å². The number of nitrogens with zero attached hydrogens (tertiary/aromatic N) is 3. The standard InChI is InChI=1S/C19H23N3O/c1-2-11-21(13-14-23)15-17-19(16-8-4-3-5-9-16)20-18-10-6-7-12-22(17)18/h3-10,12,23H,2,11,13-15H2,1H3. The maximum absolute atomic E-state index is 9.33. The number of aromatic nitrogens is 2. The maximum Gasteiger partial charge on any atom is 0.137 e. The lowest BCUT2D eigenvalue weighted by Crippen LogP contribution is -2.28. The molecule has 0 fully saturated rings.